The molecule has 0 radical (unpaired) electrons. The molecule has 0 spiro atoms. The number of hydrogen-bond acceptors (Lipinski definition) is 6. The first-order valence-electron chi connectivity index (χ1n) is 11.8. The number of hydrogen-bond donors (Lipinski definition) is 0. The summed E-state index contributed by atoms with van der Waals surface area (Å²) in [7, 11) is 0. The number of nitrogens with zero attached hydrogens (tertiary/aromatic N) is 2. The molecule has 3 rings (SSSR count). The summed E-state index contributed by atoms with van der Waals surface area (Å²) in [5, 5.41) is 0. The summed E-state index contributed by atoms with van der Waals surface area (Å²) in [6.45, 7) is 8.15. The summed E-state index contributed by atoms with van der Waals surface area (Å²) in [5.41, 5.74) is -0.126. The molecule has 2 aromatic rings. The van der Waals surface area contributed by atoms with E-state index in [1.54, 1.807) is 11.8 Å². The first kappa shape index (κ1) is 26.7. The Balaban J connectivity index is 1.71. The zero-order chi connectivity index (χ0) is 25.5. The normalized spacial score (nSPS) is 17.3. The van der Waals surface area contributed by atoms with Crippen molar-refractivity contribution >= 4 is 39.6 Å². The number of benzene rings is 2. The smallest absolute Gasteiger partial charge is 0.414 e. The molecule has 1 heterocycles. The zero-order valence-electron chi connectivity index (χ0n) is 20.8. The number of amides is 1. The SMILES string of the molecule is CCOC(=O)C1(CCCCN(C(=O)OC(C)(C)C)c2ccc(Br)cc2)COC(c2ccccc2)=N1. The van der Waals surface area contributed by atoms with Gasteiger partial charge in [0.2, 0.25) is 5.90 Å². The summed E-state index contributed by atoms with van der Waals surface area (Å²) < 4.78 is 17.7. The fraction of sp³-hybridized carbons (Fsp3) is 0.444. The molecule has 0 aliphatic carbocycles. The summed E-state index contributed by atoms with van der Waals surface area (Å²) >= 11 is 3.43. The number of carbonyl (C=O) groups excluding carboxylic acids is 2. The number of aliphatic imine (C=N–C) groups is 1. The van der Waals surface area contributed by atoms with Gasteiger partial charge < -0.3 is 14.2 Å². The fourth-order valence-electron chi connectivity index (χ4n) is 3.73. The van der Waals surface area contributed by atoms with Crippen molar-refractivity contribution in [3.8, 4) is 0 Å². The molecular formula is C27H33BrN2O5. The van der Waals surface area contributed by atoms with Gasteiger partial charge in [-0.2, -0.15) is 0 Å². The Kier molecular flexibility index (Phi) is 8.94. The number of esters is 1. The maximum atomic E-state index is 12.9. The molecule has 0 bridgehead atoms. The quantitative estimate of drug-likeness (QED) is 0.280. The number of carbonyl (C=O) groups is 2. The van der Waals surface area contributed by atoms with Gasteiger partial charge in [-0.25, -0.2) is 14.6 Å². The second-order valence-corrected chi connectivity index (χ2v) is 10.3. The highest BCUT2D eigenvalue weighted by atomic mass is 79.9. The first-order valence-corrected chi connectivity index (χ1v) is 12.6. The van der Waals surface area contributed by atoms with Gasteiger partial charge in [0.1, 0.15) is 12.2 Å². The minimum absolute atomic E-state index is 0.137. The third-order valence-corrected chi connectivity index (χ3v) is 5.94. The van der Waals surface area contributed by atoms with Crippen molar-refractivity contribution in [1.82, 2.24) is 0 Å². The van der Waals surface area contributed by atoms with Crippen LogP contribution in [0.15, 0.2) is 64.1 Å². The van der Waals surface area contributed by atoms with Crippen LogP contribution < -0.4 is 4.90 Å². The van der Waals surface area contributed by atoms with Gasteiger partial charge >= 0.3 is 12.1 Å². The molecule has 0 saturated carbocycles. The minimum atomic E-state index is -1.09. The van der Waals surface area contributed by atoms with E-state index < -0.39 is 17.2 Å². The van der Waals surface area contributed by atoms with Crippen molar-refractivity contribution in [2.75, 3.05) is 24.7 Å². The Bertz CT molecular complexity index is 1030. The van der Waals surface area contributed by atoms with Gasteiger partial charge in [-0.05, 0) is 83.4 Å². The van der Waals surface area contributed by atoms with Crippen LogP contribution in [0.1, 0.15) is 52.5 Å². The Morgan fingerprint density at radius 1 is 1.09 bits per heavy atom. The second kappa shape index (κ2) is 11.7. The molecule has 0 saturated heterocycles. The van der Waals surface area contributed by atoms with Gasteiger partial charge in [0, 0.05) is 22.3 Å². The Morgan fingerprint density at radius 2 is 1.77 bits per heavy atom. The molecule has 0 N–H and O–H groups in total. The van der Waals surface area contributed by atoms with Crippen LogP contribution in [0.2, 0.25) is 0 Å². The predicted octanol–water partition coefficient (Wildman–Crippen LogP) is 6.14. The number of halogens is 1. The Labute approximate surface area is 215 Å². The maximum absolute atomic E-state index is 12.9. The van der Waals surface area contributed by atoms with E-state index in [2.05, 4.69) is 20.9 Å². The second-order valence-electron chi connectivity index (χ2n) is 9.39. The molecule has 0 fully saturated rings. The van der Waals surface area contributed by atoms with Crippen molar-refractivity contribution in [2.24, 2.45) is 4.99 Å². The van der Waals surface area contributed by atoms with Crippen LogP contribution in [-0.2, 0) is 19.0 Å². The molecule has 7 nitrogen and oxygen atoms in total. The number of unbranched alkanes of at least 4 members (excludes halogenated alkanes) is 1. The highest BCUT2D eigenvalue weighted by molar-refractivity contribution is 9.10. The number of rotatable bonds is 9. The molecule has 188 valence electrons. The van der Waals surface area contributed by atoms with E-state index in [1.807, 2.05) is 75.4 Å². The molecule has 1 aliphatic heterocycles. The van der Waals surface area contributed by atoms with Crippen molar-refractivity contribution < 1.29 is 23.8 Å². The predicted molar refractivity (Wildman–Crippen MR) is 140 cm³/mol. The van der Waals surface area contributed by atoms with Crippen LogP contribution in [0.4, 0.5) is 10.5 Å². The average Bonchev–Trinajstić information content (AvgIpc) is 3.25. The van der Waals surface area contributed by atoms with Gasteiger partial charge in [-0.3, -0.25) is 4.90 Å². The average molecular weight is 545 g/mol. The molecule has 2 aromatic carbocycles. The van der Waals surface area contributed by atoms with Crippen LogP contribution >= 0.6 is 15.9 Å². The van der Waals surface area contributed by atoms with E-state index in [-0.39, 0.29) is 19.2 Å². The van der Waals surface area contributed by atoms with E-state index in [0.29, 0.717) is 31.7 Å². The maximum Gasteiger partial charge on any atom is 0.414 e. The standard InChI is InChI=1S/C27H33BrN2O5/c1-5-33-24(31)27(19-34-23(29-27)20-11-7-6-8-12-20)17-9-10-18-30(25(32)35-26(2,3)4)22-15-13-21(28)14-16-22/h6-8,11-16H,5,9-10,17-19H2,1-4H3. The topological polar surface area (TPSA) is 77.4 Å². The third kappa shape index (κ3) is 7.31. The number of anilines is 1. The highest BCUT2D eigenvalue weighted by Gasteiger charge is 2.45. The Hall–Kier alpha value is -2.87. The minimum Gasteiger partial charge on any atom is -0.474 e. The monoisotopic (exact) mass is 544 g/mol. The molecule has 8 heteroatoms. The van der Waals surface area contributed by atoms with Gasteiger partial charge in [-0.15, -0.1) is 0 Å². The molecule has 1 atom stereocenters. The molecular weight excluding hydrogens is 512 g/mol. The summed E-state index contributed by atoms with van der Waals surface area (Å²) in [6.07, 6.45) is 1.33. The summed E-state index contributed by atoms with van der Waals surface area (Å²) in [5.74, 6) is 0.0618. The van der Waals surface area contributed by atoms with Crippen LogP contribution in [0.5, 0.6) is 0 Å². The van der Waals surface area contributed by atoms with Crippen molar-refractivity contribution in [3.05, 3.63) is 64.6 Å². The summed E-state index contributed by atoms with van der Waals surface area (Å²) in [4.78, 5) is 32.1. The van der Waals surface area contributed by atoms with E-state index in [9.17, 15) is 9.59 Å². The molecule has 0 aromatic heterocycles. The third-order valence-electron chi connectivity index (χ3n) is 5.41. The van der Waals surface area contributed by atoms with Crippen molar-refractivity contribution in [1.29, 1.82) is 0 Å². The molecule has 35 heavy (non-hydrogen) atoms. The van der Waals surface area contributed by atoms with Crippen LogP contribution in [0.3, 0.4) is 0 Å². The van der Waals surface area contributed by atoms with Crippen molar-refractivity contribution in [3.63, 3.8) is 0 Å². The number of ether oxygens (including phenoxy) is 3. The Morgan fingerprint density at radius 3 is 2.40 bits per heavy atom. The fourth-order valence-corrected chi connectivity index (χ4v) is 3.99. The van der Waals surface area contributed by atoms with Gasteiger partial charge in [0.05, 0.1) is 6.61 Å². The molecule has 1 unspecified atom stereocenters. The zero-order valence-corrected chi connectivity index (χ0v) is 22.3. The van der Waals surface area contributed by atoms with Crippen LogP contribution in [-0.4, -0.2) is 48.9 Å². The van der Waals surface area contributed by atoms with Gasteiger partial charge in [0.15, 0.2) is 5.54 Å². The highest BCUT2D eigenvalue weighted by Crippen LogP contribution is 2.30. The van der Waals surface area contributed by atoms with E-state index in [1.165, 1.54) is 0 Å². The van der Waals surface area contributed by atoms with E-state index in [0.717, 1.165) is 15.7 Å². The lowest BCUT2D eigenvalue weighted by molar-refractivity contribution is -0.150. The lowest BCUT2D eigenvalue weighted by Gasteiger charge is -2.28. The summed E-state index contributed by atoms with van der Waals surface area (Å²) in [6, 6.07) is 17.0. The van der Waals surface area contributed by atoms with Crippen molar-refractivity contribution in [2.45, 2.75) is 58.1 Å². The molecule has 1 aliphatic rings. The van der Waals surface area contributed by atoms with Gasteiger partial charge in [0.25, 0.3) is 0 Å². The largest absolute Gasteiger partial charge is 0.474 e. The van der Waals surface area contributed by atoms with Gasteiger partial charge in [-0.1, -0.05) is 34.1 Å². The van der Waals surface area contributed by atoms with Crippen LogP contribution in [0.25, 0.3) is 0 Å². The molecule has 1 amide bonds. The lowest BCUT2D eigenvalue weighted by Crippen LogP contribution is -2.40. The first-order chi connectivity index (χ1) is 16.6. The lowest BCUT2D eigenvalue weighted by atomic mass is 9.94. The van der Waals surface area contributed by atoms with E-state index >= 15 is 0 Å². The van der Waals surface area contributed by atoms with E-state index in [4.69, 9.17) is 14.2 Å². The van der Waals surface area contributed by atoms with Crippen LogP contribution in [0, 0.1) is 0 Å².